The molecular weight excluding hydrogens is 371 g/mol. The lowest BCUT2D eigenvalue weighted by atomic mass is 10.1. The third kappa shape index (κ3) is 3.39. The van der Waals surface area contributed by atoms with Crippen LogP contribution >= 0.6 is 0 Å². The lowest BCUT2D eigenvalue weighted by Crippen LogP contribution is -2.30. The predicted molar refractivity (Wildman–Crippen MR) is 93.0 cm³/mol. The summed E-state index contributed by atoms with van der Waals surface area (Å²) in [6.45, 7) is 1.27. The number of imidazole rings is 1. The Morgan fingerprint density at radius 3 is 2.61 bits per heavy atom. The van der Waals surface area contributed by atoms with Crippen LogP contribution in [0.1, 0.15) is 24.5 Å². The van der Waals surface area contributed by atoms with E-state index in [0.717, 1.165) is 5.56 Å². The van der Waals surface area contributed by atoms with Gasteiger partial charge in [-0.3, -0.25) is 4.57 Å². The summed E-state index contributed by atoms with van der Waals surface area (Å²) in [7, 11) is 0. The molecule has 4 rings (SSSR count). The lowest BCUT2D eigenvalue weighted by molar-refractivity contribution is -0.0299. The minimum Gasteiger partial charge on any atom is -0.476 e. The van der Waals surface area contributed by atoms with E-state index in [4.69, 9.17) is 9.47 Å². The standard InChI is InChI=1S/C17H19FN6O4/c1-9-13(25)14(26)17(28-9)24-8-23-12-15(24)21-7-22-16(12)27-3-2-10-5-19-11(4-18)20-6-10/h5-9,13-14,17,25-26H,2-4H2,1H3/t9-,13-,14-,17-/m1/s1. The van der Waals surface area contributed by atoms with Crippen LogP contribution in [0.4, 0.5) is 4.39 Å². The number of aliphatic hydroxyl groups excluding tert-OH is 2. The molecular formula is C17H19FN6O4. The van der Waals surface area contributed by atoms with Crippen LogP contribution in [0, 0.1) is 0 Å². The molecule has 4 heterocycles. The van der Waals surface area contributed by atoms with Gasteiger partial charge in [-0.05, 0) is 12.5 Å². The summed E-state index contributed by atoms with van der Waals surface area (Å²) in [5.74, 6) is 0.426. The van der Waals surface area contributed by atoms with Crippen molar-refractivity contribution >= 4 is 11.2 Å². The molecule has 3 aromatic heterocycles. The molecule has 0 spiro atoms. The first-order chi connectivity index (χ1) is 13.6. The Bertz CT molecular complexity index is 952. The Labute approximate surface area is 159 Å². The molecule has 0 unspecified atom stereocenters. The fraction of sp³-hybridized carbons (Fsp3) is 0.471. The van der Waals surface area contributed by atoms with E-state index in [0.29, 0.717) is 17.6 Å². The fourth-order valence-electron chi connectivity index (χ4n) is 3.02. The van der Waals surface area contributed by atoms with E-state index in [2.05, 4.69) is 24.9 Å². The molecule has 0 amide bonds. The van der Waals surface area contributed by atoms with Crippen molar-refractivity contribution in [2.75, 3.05) is 6.61 Å². The zero-order valence-electron chi connectivity index (χ0n) is 15.0. The van der Waals surface area contributed by atoms with Gasteiger partial charge >= 0.3 is 0 Å². The van der Waals surface area contributed by atoms with Gasteiger partial charge < -0.3 is 19.7 Å². The van der Waals surface area contributed by atoms with Gasteiger partial charge in [-0.1, -0.05) is 0 Å². The quantitative estimate of drug-likeness (QED) is 0.612. The Morgan fingerprint density at radius 2 is 1.93 bits per heavy atom. The van der Waals surface area contributed by atoms with Gasteiger partial charge in [0, 0.05) is 18.8 Å². The lowest BCUT2D eigenvalue weighted by Gasteiger charge is -2.16. The van der Waals surface area contributed by atoms with E-state index in [1.54, 1.807) is 23.9 Å². The molecule has 1 aliphatic rings. The van der Waals surface area contributed by atoms with Crippen LogP contribution in [0.25, 0.3) is 11.2 Å². The van der Waals surface area contributed by atoms with Crippen LogP contribution in [-0.2, 0) is 17.8 Å². The minimum atomic E-state index is -1.10. The normalized spacial score (nSPS) is 24.7. The van der Waals surface area contributed by atoms with E-state index in [-0.39, 0.29) is 18.3 Å². The zero-order chi connectivity index (χ0) is 19.7. The van der Waals surface area contributed by atoms with Gasteiger partial charge in [-0.2, -0.15) is 4.98 Å². The van der Waals surface area contributed by atoms with Gasteiger partial charge in [0.05, 0.1) is 19.0 Å². The molecule has 0 aliphatic carbocycles. The highest BCUT2D eigenvalue weighted by Gasteiger charge is 2.42. The van der Waals surface area contributed by atoms with Crippen molar-refractivity contribution in [2.45, 2.75) is 44.6 Å². The molecule has 3 aromatic rings. The SMILES string of the molecule is C[C@H]1O[C@@H](n2cnc3c(OCCc4cnc(CF)nc4)ncnc32)[C@H](O)[C@@H]1O. The highest BCUT2D eigenvalue weighted by atomic mass is 19.1. The Morgan fingerprint density at radius 1 is 1.14 bits per heavy atom. The van der Waals surface area contributed by atoms with Crippen LogP contribution in [0.2, 0.25) is 0 Å². The predicted octanol–water partition coefficient (Wildman–Crippen LogP) is 0.346. The van der Waals surface area contributed by atoms with Crippen molar-refractivity contribution in [3.05, 3.63) is 36.4 Å². The maximum Gasteiger partial charge on any atom is 0.245 e. The van der Waals surface area contributed by atoms with E-state index in [1.807, 2.05) is 0 Å². The van der Waals surface area contributed by atoms with E-state index in [1.165, 1.54) is 12.7 Å². The van der Waals surface area contributed by atoms with Crippen molar-refractivity contribution in [3.63, 3.8) is 0 Å². The van der Waals surface area contributed by atoms with Crippen molar-refractivity contribution in [2.24, 2.45) is 0 Å². The van der Waals surface area contributed by atoms with E-state index in [9.17, 15) is 14.6 Å². The van der Waals surface area contributed by atoms with Crippen LogP contribution in [0.15, 0.2) is 25.0 Å². The number of rotatable bonds is 6. The number of ether oxygens (including phenoxy) is 2. The second kappa shape index (κ2) is 7.70. The maximum atomic E-state index is 12.4. The maximum absolute atomic E-state index is 12.4. The largest absolute Gasteiger partial charge is 0.476 e. The number of hydrogen-bond acceptors (Lipinski definition) is 9. The second-order valence-corrected chi connectivity index (χ2v) is 6.46. The third-order valence-electron chi connectivity index (χ3n) is 4.58. The second-order valence-electron chi connectivity index (χ2n) is 6.46. The number of fused-ring (bicyclic) bond motifs is 1. The van der Waals surface area contributed by atoms with Crippen molar-refractivity contribution in [1.82, 2.24) is 29.5 Å². The smallest absolute Gasteiger partial charge is 0.245 e. The molecule has 0 radical (unpaired) electrons. The Balaban J connectivity index is 1.49. The van der Waals surface area contributed by atoms with Gasteiger partial charge in [0.15, 0.2) is 23.2 Å². The third-order valence-corrected chi connectivity index (χ3v) is 4.58. The summed E-state index contributed by atoms with van der Waals surface area (Å²) in [5.41, 5.74) is 1.64. The molecule has 148 valence electrons. The summed E-state index contributed by atoms with van der Waals surface area (Å²) in [4.78, 5) is 20.4. The highest BCUT2D eigenvalue weighted by Crippen LogP contribution is 2.32. The van der Waals surface area contributed by atoms with Crippen LogP contribution in [-0.4, -0.2) is 64.6 Å². The first kappa shape index (κ1) is 18.6. The summed E-state index contributed by atoms with van der Waals surface area (Å²) in [6.07, 6.45) is 3.01. The van der Waals surface area contributed by atoms with Crippen molar-refractivity contribution in [1.29, 1.82) is 0 Å². The average Bonchev–Trinajstić information content (AvgIpc) is 3.25. The number of alkyl halides is 1. The van der Waals surface area contributed by atoms with Crippen LogP contribution in [0.3, 0.4) is 0 Å². The van der Waals surface area contributed by atoms with Gasteiger partial charge in [0.2, 0.25) is 5.88 Å². The number of aromatic nitrogens is 6. The summed E-state index contributed by atoms with van der Waals surface area (Å²) in [6, 6.07) is 0. The van der Waals surface area contributed by atoms with E-state index >= 15 is 0 Å². The molecule has 4 atom stereocenters. The Hall–Kier alpha value is -2.76. The number of halogens is 1. The molecule has 0 saturated carbocycles. The van der Waals surface area contributed by atoms with Crippen LogP contribution < -0.4 is 4.74 Å². The van der Waals surface area contributed by atoms with Gasteiger partial charge in [-0.25, -0.2) is 24.3 Å². The monoisotopic (exact) mass is 390 g/mol. The summed E-state index contributed by atoms with van der Waals surface area (Å²) < 4.78 is 25.3. The average molecular weight is 390 g/mol. The van der Waals surface area contributed by atoms with Gasteiger partial charge in [0.1, 0.15) is 25.2 Å². The molecule has 28 heavy (non-hydrogen) atoms. The molecule has 0 bridgehead atoms. The fourth-order valence-corrected chi connectivity index (χ4v) is 3.02. The van der Waals surface area contributed by atoms with Crippen molar-refractivity contribution < 1.29 is 24.1 Å². The molecule has 1 aliphatic heterocycles. The topological polar surface area (TPSA) is 128 Å². The number of aliphatic hydroxyl groups is 2. The molecule has 10 nitrogen and oxygen atoms in total. The first-order valence-corrected chi connectivity index (χ1v) is 8.76. The molecule has 11 heteroatoms. The summed E-state index contributed by atoms with van der Waals surface area (Å²) in [5, 5.41) is 20.1. The Kier molecular flexibility index (Phi) is 5.11. The molecule has 2 N–H and O–H groups in total. The van der Waals surface area contributed by atoms with Gasteiger partial charge in [-0.15, -0.1) is 0 Å². The number of nitrogens with zero attached hydrogens (tertiary/aromatic N) is 6. The van der Waals surface area contributed by atoms with E-state index < -0.39 is 31.2 Å². The zero-order valence-corrected chi connectivity index (χ0v) is 15.0. The molecule has 1 fully saturated rings. The highest BCUT2D eigenvalue weighted by molar-refractivity contribution is 5.76. The molecule has 1 saturated heterocycles. The van der Waals surface area contributed by atoms with Gasteiger partial charge in [0.25, 0.3) is 0 Å². The number of hydrogen-bond donors (Lipinski definition) is 2. The van der Waals surface area contributed by atoms with Crippen molar-refractivity contribution in [3.8, 4) is 5.88 Å². The van der Waals surface area contributed by atoms with Crippen LogP contribution in [0.5, 0.6) is 5.88 Å². The minimum absolute atomic E-state index is 0.142. The first-order valence-electron chi connectivity index (χ1n) is 8.76. The summed E-state index contributed by atoms with van der Waals surface area (Å²) >= 11 is 0. The molecule has 0 aromatic carbocycles.